The van der Waals surface area contributed by atoms with Crippen LogP contribution in [-0.4, -0.2) is 110 Å². The van der Waals surface area contributed by atoms with E-state index in [1.54, 1.807) is 43.0 Å². The van der Waals surface area contributed by atoms with Crippen LogP contribution in [0.15, 0.2) is 36.5 Å². The van der Waals surface area contributed by atoms with Gasteiger partial charge in [0.15, 0.2) is 0 Å². The predicted molar refractivity (Wildman–Crippen MR) is 175 cm³/mol. The molecule has 0 saturated carbocycles. The van der Waals surface area contributed by atoms with Crippen LogP contribution < -0.4 is 19.7 Å². The number of anilines is 1. The van der Waals surface area contributed by atoms with Gasteiger partial charge >= 0.3 is 6.03 Å². The highest BCUT2D eigenvalue weighted by Gasteiger charge is 2.46. The second-order valence-corrected chi connectivity index (χ2v) is 13.6. The molecule has 5 aliphatic heterocycles. The largest absolute Gasteiger partial charge is 0.496 e. The van der Waals surface area contributed by atoms with E-state index in [-0.39, 0.29) is 35.6 Å². The van der Waals surface area contributed by atoms with E-state index in [4.69, 9.17) is 9.47 Å². The van der Waals surface area contributed by atoms with Gasteiger partial charge in [-0.1, -0.05) is 0 Å². The van der Waals surface area contributed by atoms with Crippen molar-refractivity contribution in [3.05, 3.63) is 58.8 Å². The zero-order valence-electron chi connectivity index (χ0n) is 27.5. The fourth-order valence-corrected chi connectivity index (χ4v) is 7.84. The molecule has 5 aliphatic rings. The van der Waals surface area contributed by atoms with Gasteiger partial charge in [0.25, 0.3) is 5.91 Å². The summed E-state index contributed by atoms with van der Waals surface area (Å²) in [7, 11) is 6.94. The van der Waals surface area contributed by atoms with E-state index in [0.29, 0.717) is 25.1 Å². The number of amides is 5. The van der Waals surface area contributed by atoms with Crippen LogP contribution in [0.5, 0.6) is 11.5 Å². The number of benzene rings is 2. The highest BCUT2D eigenvalue weighted by Crippen LogP contribution is 2.44. The lowest BCUT2D eigenvalue weighted by molar-refractivity contribution is -0.136. The number of ether oxygens (including phenoxy) is 2. The molecule has 7 rings (SSSR count). The molecule has 2 aromatic rings. The molecular weight excluding hydrogens is 600 g/mol. The Morgan fingerprint density at radius 2 is 1.64 bits per heavy atom. The molecule has 3 fully saturated rings. The van der Waals surface area contributed by atoms with E-state index in [1.807, 2.05) is 30.5 Å². The number of urea groups is 1. The first-order chi connectivity index (χ1) is 22.6. The van der Waals surface area contributed by atoms with E-state index in [1.165, 1.54) is 0 Å². The van der Waals surface area contributed by atoms with E-state index in [0.717, 1.165) is 85.0 Å². The standard InChI is InChI=1S/C35H42N6O6/c1-37-16-24(17-38(2)34(37)45)22-14-29(46-3)27(30(15-22)47-4)19-39-11-9-35(10-12-39)20-40(21-35)25-5-6-26-23(13-25)18-41(33(26)44)28-7-8-31(42)36-32(28)43/h5-6,13-16,28H,7-12,17-21H2,1-4H3,(H,36,42,43). The van der Waals surface area contributed by atoms with Crippen LogP contribution in [0.2, 0.25) is 0 Å². The summed E-state index contributed by atoms with van der Waals surface area (Å²) in [5.41, 5.74) is 5.98. The summed E-state index contributed by atoms with van der Waals surface area (Å²) < 4.78 is 11.7. The smallest absolute Gasteiger partial charge is 0.323 e. The van der Waals surface area contributed by atoms with Crippen LogP contribution in [0.25, 0.3) is 5.57 Å². The maximum Gasteiger partial charge on any atom is 0.323 e. The van der Waals surface area contributed by atoms with Crippen LogP contribution >= 0.6 is 0 Å². The van der Waals surface area contributed by atoms with E-state index in [2.05, 4.69) is 21.2 Å². The molecule has 0 bridgehead atoms. The molecule has 0 aliphatic carbocycles. The second-order valence-electron chi connectivity index (χ2n) is 13.6. The molecule has 12 nitrogen and oxygen atoms in total. The minimum Gasteiger partial charge on any atom is -0.496 e. The molecule has 0 radical (unpaired) electrons. The van der Waals surface area contributed by atoms with Gasteiger partial charge in [0.2, 0.25) is 11.8 Å². The number of imide groups is 1. The summed E-state index contributed by atoms with van der Waals surface area (Å²) in [6.45, 7) is 5.55. The number of rotatable bonds is 7. The lowest BCUT2D eigenvalue weighted by Gasteiger charge is -2.55. The summed E-state index contributed by atoms with van der Waals surface area (Å²) in [6.07, 6.45) is 4.68. The minimum atomic E-state index is -0.600. The Balaban J connectivity index is 0.972. The Labute approximate surface area is 274 Å². The fraction of sp³-hybridized carbons (Fsp3) is 0.486. The normalized spacial score (nSPS) is 22.7. The zero-order valence-corrected chi connectivity index (χ0v) is 27.5. The number of carbonyl (C=O) groups excluding carboxylic acids is 4. The molecular formula is C35H42N6O6. The van der Waals surface area contributed by atoms with Crippen LogP contribution in [-0.2, 0) is 22.7 Å². The molecule has 248 valence electrons. The minimum absolute atomic E-state index is 0.0381. The van der Waals surface area contributed by atoms with Crippen molar-refractivity contribution in [2.24, 2.45) is 5.41 Å². The third-order valence-corrected chi connectivity index (χ3v) is 10.6. The number of methoxy groups -OCH3 is 2. The highest BCUT2D eigenvalue weighted by atomic mass is 16.5. The first-order valence-corrected chi connectivity index (χ1v) is 16.3. The topological polar surface area (TPSA) is 115 Å². The molecule has 1 atom stereocenters. The lowest BCUT2D eigenvalue weighted by atomic mass is 9.71. The number of likely N-dealkylation sites (tertiary alicyclic amines) is 1. The molecule has 1 unspecified atom stereocenters. The van der Waals surface area contributed by atoms with E-state index < -0.39 is 6.04 Å². The Morgan fingerprint density at radius 3 is 2.28 bits per heavy atom. The number of hydrogen-bond donors (Lipinski definition) is 1. The fourth-order valence-electron chi connectivity index (χ4n) is 7.84. The van der Waals surface area contributed by atoms with Gasteiger partial charge in [-0.2, -0.15) is 0 Å². The van der Waals surface area contributed by atoms with Crippen molar-refractivity contribution in [1.82, 2.24) is 24.9 Å². The first-order valence-electron chi connectivity index (χ1n) is 16.3. The lowest BCUT2D eigenvalue weighted by Crippen LogP contribution is -2.60. The van der Waals surface area contributed by atoms with Crippen LogP contribution in [0, 0.1) is 5.41 Å². The van der Waals surface area contributed by atoms with Crippen LogP contribution in [0.3, 0.4) is 0 Å². The summed E-state index contributed by atoms with van der Waals surface area (Å²) in [4.78, 5) is 59.1. The van der Waals surface area contributed by atoms with Gasteiger partial charge in [-0.05, 0) is 79.4 Å². The summed E-state index contributed by atoms with van der Waals surface area (Å²) in [5, 5.41) is 2.37. The Kier molecular flexibility index (Phi) is 7.86. The third kappa shape index (κ3) is 5.58. The number of piperidine rings is 2. The van der Waals surface area contributed by atoms with Gasteiger partial charge in [0, 0.05) is 76.1 Å². The first kappa shape index (κ1) is 31.0. The average molecular weight is 643 g/mol. The molecule has 5 heterocycles. The molecule has 47 heavy (non-hydrogen) atoms. The SMILES string of the molecule is COc1cc(C2=CN(C)C(=O)N(C)C2)cc(OC)c1CN1CCC2(CC1)CN(c1ccc3c(c1)CN(C1CCC(=O)NC1=O)C3=O)C2. The van der Waals surface area contributed by atoms with Crippen LogP contribution in [0.4, 0.5) is 10.5 Å². The Bertz CT molecular complexity index is 1650. The molecule has 2 aromatic carbocycles. The number of carbonyl (C=O) groups is 4. The van der Waals surface area contributed by atoms with Crippen molar-refractivity contribution in [1.29, 1.82) is 0 Å². The molecule has 12 heteroatoms. The summed E-state index contributed by atoms with van der Waals surface area (Å²) in [6, 6.07) is 9.46. The number of nitrogens with zero attached hydrogens (tertiary/aromatic N) is 5. The van der Waals surface area contributed by atoms with Gasteiger partial charge < -0.3 is 29.1 Å². The molecule has 3 saturated heterocycles. The average Bonchev–Trinajstić information content (AvgIpc) is 3.37. The summed E-state index contributed by atoms with van der Waals surface area (Å²) >= 11 is 0. The van der Waals surface area contributed by atoms with Crippen LogP contribution in [0.1, 0.15) is 52.7 Å². The van der Waals surface area contributed by atoms with Gasteiger partial charge in [-0.25, -0.2) is 4.79 Å². The monoisotopic (exact) mass is 642 g/mol. The van der Waals surface area contributed by atoms with Crippen molar-refractivity contribution in [2.45, 2.75) is 44.8 Å². The second kappa shape index (κ2) is 11.9. The maximum atomic E-state index is 13.1. The van der Waals surface area contributed by atoms with E-state index >= 15 is 0 Å². The predicted octanol–water partition coefficient (Wildman–Crippen LogP) is 2.91. The summed E-state index contributed by atoms with van der Waals surface area (Å²) in [5.74, 6) is 0.759. The van der Waals surface area contributed by atoms with Gasteiger partial charge in [-0.15, -0.1) is 0 Å². The Morgan fingerprint density at radius 1 is 0.936 bits per heavy atom. The van der Waals surface area contributed by atoms with Crippen molar-refractivity contribution in [3.8, 4) is 11.5 Å². The van der Waals surface area contributed by atoms with Gasteiger partial charge in [0.05, 0.1) is 19.8 Å². The van der Waals surface area contributed by atoms with Gasteiger partial charge in [-0.3, -0.25) is 24.6 Å². The van der Waals surface area contributed by atoms with Crippen molar-refractivity contribution in [3.63, 3.8) is 0 Å². The molecule has 1 N–H and O–H groups in total. The highest BCUT2D eigenvalue weighted by molar-refractivity contribution is 6.05. The van der Waals surface area contributed by atoms with Crippen molar-refractivity contribution in [2.75, 3.05) is 65.9 Å². The number of hydrogen-bond acceptors (Lipinski definition) is 8. The van der Waals surface area contributed by atoms with Crippen molar-refractivity contribution < 1.29 is 28.7 Å². The van der Waals surface area contributed by atoms with E-state index in [9.17, 15) is 19.2 Å². The maximum absolute atomic E-state index is 13.1. The number of nitrogens with one attached hydrogen (secondary N) is 1. The van der Waals surface area contributed by atoms with Crippen molar-refractivity contribution >= 4 is 35.0 Å². The molecule has 5 amide bonds. The molecule has 1 spiro atoms. The quantitative estimate of drug-likeness (QED) is 0.459. The number of likely N-dealkylation sites (N-methyl/N-ethyl adjacent to an activating group) is 1. The third-order valence-electron chi connectivity index (χ3n) is 10.6. The molecule has 0 aromatic heterocycles. The Hall–Kier alpha value is -4.58. The number of fused-ring (bicyclic) bond motifs is 1. The van der Waals surface area contributed by atoms with Gasteiger partial charge in [0.1, 0.15) is 17.5 Å². The zero-order chi connectivity index (χ0) is 33.0.